The van der Waals surface area contributed by atoms with Gasteiger partial charge in [-0.1, -0.05) is 37.3 Å². The van der Waals surface area contributed by atoms with Crippen molar-refractivity contribution in [2.45, 2.75) is 38.8 Å². The van der Waals surface area contributed by atoms with Crippen LogP contribution in [0.5, 0.6) is 0 Å². The second-order valence-corrected chi connectivity index (χ2v) is 5.62. The van der Waals surface area contributed by atoms with Crippen LogP contribution in [-0.2, 0) is 6.54 Å². The maximum atomic E-state index is 5.86. The number of nitrogens with two attached hydrogens (primary N) is 1. The lowest BCUT2D eigenvalue weighted by Gasteiger charge is -2.27. The first-order valence-corrected chi connectivity index (χ1v) is 7.74. The minimum absolute atomic E-state index is 0.0271. The Bertz CT molecular complexity index is 538. The lowest BCUT2D eigenvalue weighted by atomic mass is 9.87. The molecule has 1 heterocycles. The zero-order valence-corrected chi connectivity index (χ0v) is 13.5. The molecule has 2 aromatic rings. The molecule has 2 rings (SSSR count). The Kier molecular flexibility index (Phi) is 5.34. The van der Waals surface area contributed by atoms with Crippen LogP contribution in [-0.4, -0.2) is 9.78 Å². The van der Waals surface area contributed by atoms with Gasteiger partial charge in [-0.15, -0.1) is 0 Å². The number of rotatable bonds is 6. The van der Waals surface area contributed by atoms with Gasteiger partial charge in [0.1, 0.15) is 0 Å². The second-order valence-electron chi connectivity index (χ2n) is 4.76. The van der Waals surface area contributed by atoms with Crippen molar-refractivity contribution in [2.24, 2.45) is 5.84 Å². The van der Waals surface area contributed by atoms with E-state index >= 15 is 0 Å². The molecule has 0 aliphatic heterocycles. The number of nitrogens with zero attached hydrogens (tertiary/aromatic N) is 2. The first kappa shape index (κ1) is 15.2. The van der Waals surface area contributed by atoms with E-state index in [9.17, 15) is 0 Å². The van der Waals surface area contributed by atoms with Crippen LogP contribution in [0.1, 0.15) is 43.5 Å². The van der Waals surface area contributed by atoms with Gasteiger partial charge in [0.25, 0.3) is 0 Å². The molecule has 0 radical (unpaired) electrons. The smallest absolute Gasteiger partial charge is 0.0715 e. The van der Waals surface area contributed by atoms with Crippen molar-refractivity contribution in [3.05, 3.63) is 52.3 Å². The number of halogens is 1. The standard InChI is InChI=1S/C15H21BrN4/c1-3-12(11-8-6-5-7-9-11)14(19-17)15-13(16)10-18-20(15)4-2/h5-10,12,14,19H,3-4,17H2,1-2H3. The highest BCUT2D eigenvalue weighted by Crippen LogP contribution is 2.36. The largest absolute Gasteiger partial charge is 0.271 e. The van der Waals surface area contributed by atoms with Crippen LogP contribution in [0.15, 0.2) is 41.0 Å². The first-order valence-electron chi connectivity index (χ1n) is 6.95. The summed E-state index contributed by atoms with van der Waals surface area (Å²) in [5.74, 6) is 6.16. The van der Waals surface area contributed by atoms with E-state index in [0.29, 0.717) is 5.92 Å². The molecule has 5 heteroatoms. The van der Waals surface area contributed by atoms with Crippen molar-refractivity contribution in [3.8, 4) is 0 Å². The van der Waals surface area contributed by atoms with E-state index in [4.69, 9.17) is 5.84 Å². The molecular weight excluding hydrogens is 316 g/mol. The third-order valence-corrected chi connectivity index (χ3v) is 4.29. The topological polar surface area (TPSA) is 55.9 Å². The van der Waals surface area contributed by atoms with E-state index in [2.05, 4.69) is 64.6 Å². The van der Waals surface area contributed by atoms with Crippen LogP contribution in [0.3, 0.4) is 0 Å². The monoisotopic (exact) mass is 336 g/mol. The molecule has 0 aliphatic rings. The average Bonchev–Trinajstić information content (AvgIpc) is 2.86. The number of nitrogens with one attached hydrogen (secondary N) is 1. The van der Waals surface area contributed by atoms with E-state index in [-0.39, 0.29) is 6.04 Å². The van der Waals surface area contributed by atoms with E-state index in [1.807, 2.05) is 16.9 Å². The summed E-state index contributed by atoms with van der Waals surface area (Å²) < 4.78 is 2.98. The van der Waals surface area contributed by atoms with Gasteiger partial charge in [0, 0.05) is 12.5 Å². The van der Waals surface area contributed by atoms with E-state index in [1.165, 1.54) is 5.56 Å². The summed E-state index contributed by atoms with van der Waals surface area (Å²) in [4.78, 5) is 0. The summed E-state index contributed by atoms with van der Waals surface area (Å²) in [5, 5.41) is 4.39. The van der Waals surface area contributed by atoms with Crippen molar-refractivity contribution >= 4 is 15.9 Å². The summed E-state index contributed by atoms with van der Waals surface area (Å²) in [5.41, 5.74) is 5.37. The second kappa shape index (κ2) is 7.02. The number of hydrogen-bond donors (Lipinski definition) is 2. The van der Waals surface area contributed by atoms with Crippen molar-refractivity contribution in [2.75, 3.05) is 0 Å². The highest BCUT2D eigenvalue weighted by Gasteiger charge is 2.27. The fraction of sp³-hybridized carbons (Fsp3) is 0.400. The van der Waals surface area contributed by atoms with E-state index in [0.717, 1.165) is 23.1 Å². The molecule has 0 saturated carbocycles. The SMILES string of the molecule is CCC(c1ccccc1)C(NN)c1c(Br)cnn1CC. The predicted octanol–water partition coefficient (Wildman–Crippen LogP) is 3.36. The van der Waals surface area contributed by atoms with E-state index in [1.54, 1.807) is 0 Å². The van der Waals surface area contributed by atoms with Gasteiger partial charge in [0.2, 0.25) is 0 Å². The fourth-order valence-corrected chi connectivity index (χ4v) is 3.23. The minimum Gasteiger partial charge on any atom is -0.271 e. The normalized spacial score (nSPS) is 14.2. The third kappa shape index (κ3) is 2.95. The van der Waals surface area contributed by atoms with Gasteiger partial charge in [-0.3, -0.25) is 16.0 Å². The minimum atomic E-state index is 0.0271. The number of benzene rings is 1. The number of hydrogen-bond acceptors (Lipinski definition) is 3. The molecule has 20 heavy (non-hydrogen) atoms. The molecule has 2 atom stereocenters. The molecular formula is C15H21BrN4. The molecule has 0 amide bonds. The van der Waals surface area contributed by atoms with Crippen molar-refractivity contribution < 1.29 is 0 Å². The van der Waals surface area contributed by atoms with Crippen LogP contribution >= 0.6 is 15.9 Å². The zero-order valence-electron chi connectivity index (χ0n) is 11.9. The molecule has 108 valence electrons. The van der Waals surface area contributed by atoms with Crippen molar-refractivity contribution in [1.82, 2.24) is 15.2 Å². The summed E-state index contributed by atoms with van der Waals surface area (Å²) in [6.07, 6.45) is 2.83. The van der Waals surface area contributed by atoms with Gasteiger partial charge in [-0.25, -0.2) is 0 Å². The first-order chi connectivity index (χ1) is 9.72. The van der Waals surface area contributed by atoms with E-state index < -0.39 is 0 Å². The molecule has 1 aromatic heterocycles. The maximum Gasteiger partial charge on any atom is 0.0715 e. The molecule has 2 unspecified atom stereocenters. The van der Waals surface area contributed by atoms with Gasteiger partial charge in [-0.2, -0.15) is 5.10 Å². The Labute approximate surface area is 128 Å². The number of aryl methyl sites for hydroxylation is 1. The Morgan fingerprint density at radius 2 is 2.00 bits per heavy atom. The van der Waals surface area contributed by atoms with Crippen LogP contribution in [0.4, 0.5) is 0 Å². The Morgan fingerprint density at radius 1 is 1.30 bits per heavy atom. The van der Waals surface area contributed by atoms with Crippen LogP contribution in [0.25, 0.3) is 0 Å². The molecule has 0 bridgehead atoms. The molecule has 1 aromatic carbocycles. The van der Waals surface area contributed by atoms with Crippen molar-refractivity contribution in [3.63, 3.8) is 0 Å². The predicted molar refractivity (Wildman–Crippen MR) is 85.1 cm³/mol. The molecule has 3 N–H and O–H groups in total. The molecule has 0 fully saturated rings. The number of hydrazine groups is 1. The quantitative estimate of drug-likeness (QED) is 0.628. The van der Waals surface area contributed by atoms with Gasteiger partial charge in [0.05, 0.1) is 22.4 Å². The lowest BCUT2D eigenvalue weighted by Crippen LogP contribution is -2.34. The van der Waals surface area contributed by atoms with Gasteiger partial charge >= 0.3 is 0 Å². The summed E-state index contributed by atoms with van der Waals surface area (Å²) in [6.45, 7) is 5.09. The number of aromatic nitrogens is 2. The van der Waals surface area contributed by atoms with Crippen LogP contribution in [0, 0.1) is 0 Å². The zero-order chi connectivity index (χ0) is 14.5. The summed E-state index contributed by atoms with van der Waals surface area (Å²) in [6, 6.07) is 10.5. The molecule has 0 aliphatic carbocycles. The third-order valence-electron chi connectivity index (χ3n) is 3.68. The van der Waals surface area contributed by atoms with Gasteiger partial charge in [-0.05, 0) is 34.8 Å². The van der Waals surface area contributed by atoms with Gasteiger partial charge in [0.15, 0.2) is 0 Å². The van der Waals surface area contributed by atoms with Crippen molar-refractivity contribution in [1.29, 1.82) is 0 Å². The van der Waals surface area contributed by atoms with Gasteiger partial charge < -0.3 is 0 Å². The molecule has 0 spiro atoms. The highest BCUT2D eigenvalue weighted by molar-refractivity contribution is 9.10. The average molecular weight is 337 g/mol. The molecule has 0 saturated heterocycles. The fourth-order valence-electron chi connectivity index (χ4n) is 2.68. The highest BCUT2D eigenvalue weighted by atomic mass is 79.9. The van der Waals surface area contributed by atoms with Crippen LogP contribution < -0.4 is 11.3 Å². The Morgan fingerprint density at radius 3 is 2.55 bits per heavy atom. The van der Waals surface area contributed by atoms with Crippen LogP contribution in [0.2, 0.25) is 0 Å². The maximum absolute atomic E-state index is 5.86. The summed E-state index contributed by atoms with van der Waals surface area (Å²) >= 11 is 3.59. The Balaban J connectivity index is 2.42. The molecule has 4 nitrogen and oxygen atoms in total. The Hall–Kier alpha value is -1.17. The summed E-state index contributed by atoms with van der Waals surface area (Å²) in [7, 11) is 0. The lowest BCUT2D eigenvalue weighted by molar-refractivity contribution is 0.411.